The van der Waals surface area contributed by atoms with E-state index in [1.165, 1.54) is 35.2 Å². The lowest BCUT2D eigenvalue weighted by atomic mass is 10.0. The number of hydrogen-bond acceptors (Lipinski definition) is 5. The van der Waals surface area contributed by atoms with E-state index in [2.05, 4.69) is 89.7 Å². The van der Waals surface area contributed by atoms with Crippen LogP contribution in [0, 0.1) is 0 Å². The lowest BCUT2D eigenvalue weighted by Crippen LogP contribution is -2.30. The summed E-state index contributed by atoms with van der Waals surface area (Å²) in [6.45, 7) is 5.29. The highest BCUT2D eigenvalue weighted by atomic mass is 15.4. The fourth-order valence-corrected chi connectivity index (χ4v) is 4.69. The van der Waals surface area contributed by atoms with Crippen LogP contribution >= 0.6 is 0 Å². The normalized spacial score (nSPS) is 13.5. The number of nitrogens with zero attached hydrogens (tertiary/aromatic N) is 6. The second kappa shape index (κ2) is 8.95. The molecule has 1 fully saturated rings. The van der Waals surface area contributed by atoms with E-state index in [0.29, 0.717) is 12.0 Å². The molecule has 0 radical (unpaired) electrons. The Hall–Kier alpha value is -4.06. The first-order chi connectivity index (χ1) is 17.2. The van der Waals surface area contributed by atoms with Crippen molar-refractivity contribution >= 4 is 16.6 Å². The average molecular weight is 461 g/mol. The lowest BCUT2D eigenvalue weighted by molar-refractivity contribution is 0.684. The molecule has 3 aromatic heterocycles. The fraction of sp³-hybridized carbons (Fsp3) is 0.241. The zero-order chi connectivity index (χ0) is 23.8. The zero-order valence-corrected chi connectivity index (χ0v) is 20.0. The molecule has 3 heterocycles. The Kier molecular flexibility index (Phi) is 5.49. The predicted molar refractivity (Wildman–Crippen MR) is 140 cm³/mol. The molecule has 1 aliphatic rings. The Bertz CT molecular complexity index is 1450. The zero-order valence-electron chi connectivity index (χ0n) is 20.0. The van der Waals surface area contributed by atoms with E-state index in [0.717, 1.165) is 29.0 Å². The van der Waals surface area contributed by atoms with E-state index < -0.39 is 0 Å². The Morgan fingerprint density at radius 1 is 0.971 bits per heavy atom. The molecule has 6 rings (SSSR count). The molecule has 35 heavy (non-hydrogen) atoms. The van der Waals surface area contributed by atoms with E-state index in [1.807, 2.05) is 18.5 Å². The summed E-state index contributed by atoms with van der Waals surface area (Å²) in [5, 5.41) is 9.17. The van der Waals surface area contributed by atoms with Crippen molar-refractivity contribution in [3.8, 4) is 16.9 Å². The SMILES string of the molecule is CC(C)N(Cc1ccc(-n2ccnn2)cc1)c1cc(-c2cccnc2C2CC2)nc2ccccc12. The van der Waals surface area contributed by atoms with Crippen LogP contribution < -0.4 is 4.90 Å². The summed E-state index contributed by atoms with van der Waals surface area (Å²) in [5.41, 5.74) is 7.79. The quantitative estimate of drug-likeness (QED) is 0.291. The summed E-state index contributed by atoms with van der Waals surface area (Å²) >= 11 is 0. The van der Waals surface area contributed by atoms with Gasteiger partial charge < -0.3 is 4.90 Å². The van der Waals surface area contributed by atoms with Gasteiger partial charge in [0.2, 0.25) is 0 Å². The van der Waals surface area contributed by atoms with Crippen molar-refractivity contribution in [3.63, 3.8) is 0 Å². The first-order valence-electron chi connectivity index (χ1n) is 12.2. The molecule has 2 aromatic carbocycles. The van der Waals surface area contributed by atoms with Gasteiger partial charge in [0.25, 0.3) is 0 Å². The molecule has 5 aromatic rings. The van der Waals surface area contributed by atoms with Gasteiger partial charge in [-0.3, -0.25) is 4.98 Å². The van der Waals surface area contributed by atoms with Crippen molar-refractivity contribution < 1.29 is 0 Å². The number of anilines is 1. The summed E-state index contributed by atoms with van der Waals surface area (Å²) in [5.74, 6) is 0.563. The Labute approximate surface area is 205 Å². The van der Waals surface area contributed by atoms with Gasteiger partial charge in [-0.1, -0.05) is 35.5 Å². The van der Waals surface area contributed by atoms with Crippen LogP contribution in [0.4, 0.5) is 5.69 Å². The second-order valence-electron chi connectivity index (χ2n) is 9.49. The molecule has 0 atom stereocenters. The van der Waals surface area contributed by atoms with Crippen molar-refractivity contribution in [1.29, 1.82) is 0 Å². The van der Waals surface area contributed by atoms with Crippen LogP contribution in [-0.2, 0) is 6.54 Å². The molecule has 0 aliphatic heterocycles. The fourth-order valence-electron chi connectivity index (χ4n) is 4.69. The standard InChI is InChI=1S/C29H28N6/c1-20(2)34(19-21-9-13-23(14-10-21)35-17-16-31-33-35)28-18-27(32-26-8-4-3-6-24(26)28)25-7-5-15-30-29(25)22-11-12-22/h3-10,13-18,20,22H,11-12,19H2,1-2H3. The van der Waals surface area contributed by atoms with Crippen molar-refractivity contribution in [1.82, 2.24) is 25.0 Å². The smallest absolute Gasteiger partial charge is 0.0748 e. The largest absolute Gasteiger partial charge is 0.364 e. The molecule has 6 heteroatoms. The molecule has 0 N–H and O–H groups in total. The summed E-state index contributed by atoms with van der Waals surface area (Å²) in [7, 11) is 0. The van der Waals surface area contributed by atoms with Crippen molar-refractivity contribution in [2.45, 2.75) is 45.2 Å². The molecular weight excluding hydrogens is 432 g/mol. The third kappa shape index (κ3) is 4.28. The average Bonchev–Trinajstić information content (AvgIpc) is 3.60. The minimum absolute atomic E-state index is 0.306. The maximum absolute atomic E-state index is 5.08. The number of fused-ring (bicyclic) bond motifs is 1. The van der Waals surface area contributed by atoms with E-state index in [1.54, 1.807) is 10.9 Å². The monoisotopic (exact) mass is 460 g/mol. The molecule has 1 saturated carbocycles. The van der Waals surface area contributed by atoms with Crippen molar-refractivity contribution in [3.05, 3.63) is 96.6 Å². The van der Waals surface area contributed by atoms with Crippen molar-refractivity contribution in [2.24, 2.45) is 0 Å². The summed E-state index contributed by atoms with van der Waals surface area (Å²) in [6.07, 6.45) is 7.88. The highest BCUT2D eigenvalue weighted by Gasteiger charge is 2.28. The van der Waals surface area contributed by atoms with Crippen LogP contribution in [0.5, 0.6) is 0 Å². The van der Waals surface area contributed by atoms with Gasteiger partial charge >= 0.3 is 0 Å². The Morgan fingerprint density at radius 3 is 2.54 bits per heavy atom. The Morgan fingerprint density at radius 2 is 1.80 bits per heavy atom. The third-order valence-corrected chi connectivity index (χ3v) is 6.68. The lowest BCUT2D eigenvalue weighted by Gasteiger charge is -2.31. The number of pyridine rings is 2. The van der Waals surface area contributed by atoms with E-state index in [4.69, 9.17) is 9.97 Å². The van der Waals surface area contributed by atoms with Gasteiger partial charge in [0.1, 0.15) is 0 Å². The summed E-state index contributed by atoms with van der Waals surface area (Å²) in [4.78, 5) is 12.3. The van der Waals surface area contributed by atoms with Crippen molar-refractivity contribution in [2.75, 3.05) is 4.90 Å². The molecule has 174 valence electrons. The molecule has 6 nitrogen and oxygen atoms in total. The van der Waals surface area contributed by atoms with Crippen LogP contribution in [0.1, 0.15) is 43.9 Å². The number of rotatable bonds is 7. The van der Waals surface area contributed by atoms with Gasteiger partial charge in [0.15, 0.2) is 0 Å². The number of aromatic nitrogens is 5. The highest BCUT2D eigenvalue weighted by molar-refractivity contribution is 5.94. The molecule has 0 amide bonds. The highest BCUT2D eigenvalue weighted by Crippen LogP contribution is 2.43. The van der Waals surface area contributed by atoms with Gasteiger partial charge in [-0.15, -0.1) is 5.10 Å². The van der Waals surface area contributed by atoms with Crippen LogP contribution in [0.15, 0.2) is 85.3 Å². The second-order valence-corrected chi connectivity index (χ2v) is 9.49. The third-order valence-electron chi connectivity index (χ3n) is 6.68. The van der Waals surface area contributed by atoms with Gasteiger partial charge in [0, 0.05) is 41.3 Å². The van der Waals surface area contributed by atoms with E-state index in [9.17, 15) is 0 Å². The first-order valence-corrected chi connectivity index (χ1v) is 12.2. The maximum atomic E-state index is 5.08. The number of benzene rings is 2. The van der Waals surface area contributed by atoms with Crippen LogP contribution in [0.2, 0.25) is 0 Å². The van der Waals surface area contributed by atoms with Gasteiger partial charge in [-0.2, -0.15) is 0 Å². The number of hydrogen-bond donors (Lipinski definition) is 0. The van der Waals surface area contributed by atoms with Crippen LogP contribution in [-0.4, -0.2) is 31.0 Å². The van der Waals surface area contributed by atoms with Crippen LogP contribution in [0.3, 0.4) is 0 Å². The Balaban J connectivity index is 1.42. The maximum Gasteiger partial charge on any atom is 0.0748 e. The molecule has 0 unspecified atom stereocenters. The minimum Gasteiger partial charge on any atom is -0.364 e. The first kappa shape index (κ1) is 21.5. The molecule has 0 saturated heterocycles. The topological polar surface area (TPSA) is 59.7 Å². The molecule has 1 aliphatic carbocycles. The number of para-hydroxylation sites is 1. The molecular formula is C29H28N6. The predicted octanol–water partition coefficient (Wildman–Crippen LogP) is 6.17. The van der Waals surface area contributed by atoms with E-state index >= 15 is 0 Å². The minimum atomic E-state index is 0.306. The molecule has 0 bridgehead atoms. The van der Waals surface area contributed by atoms with Gasteiger partial charge in [-0.05, 0) is 68.7 Å². The van der Waals surface area contributed by atoms with E-state index in [-0.39, 0.29) is 0 Å². The van der Waals surface area contributed by atoms with Gasteiger partial charge in [-0.25, -0.2) is 9.67 Å². The summed E-state index contributed by atoms with van der Waals surface area (Å²) < 4.78 is 1.78. The summed E-state index contributed by atoms with van der Waals surface area (Å²) in [6, 6.07) is 23.7. The van der Waals surface area contributed by atoms with Crippen LogP contribution in [0.25, 0.3) is 27.8 Å². The van der Waals surface area contributed by atoms with Gasteiger partial charge in [0.05, 0.1) is 35.0 Å². The molecule has 0 spiro atoms.